The van der Waals surface area contributed by atoms with Gasteiger partial charge in [0.1, 0.15) is 0 Å². The van der Waals surface area contributed by atoms with Crippen LogP contribution in [0, 0.1) is 0 Å². The number of alkyl halides is 3. The number of rotatable bonds is 6. The first kappa shape index (κ1) is 25.3. The van der Waals surface area contributed by atoms with Crippen LogP contribution in [-0.2, 0) is 22.6 Å². The van der Waals surface area contributed by atoms with Gasteiger partial charge in [0, 0.05) is 49.0 Å². The van der Waals surface area contributed by atoms with E-state index in [0.717, 1.165) is 12.1 Å². The Hall–Kier alpha value is -2.30. The largest absolute Gasteiger partial charge is 0.416 e. The van der Waals surface area contributed by atoms with E-state index in [1.54, 1.807) is 0 Å². The maximum atomic E-state index is 13.5. The van der Waals surface area contributed by atoms with Crippen molar-refractivity contribution in [2.75, 3.05) is 43.9 Å². The molecule has 0 saturated carbocycles. The molecule has 180 valence electrons. The number of hydrogen-bond acceptors (Lipinski definition) is 5. The lowest BCUT2D eigenvalue weighted by atomic mass is 10.1. The van der Waals surface area contributed by atoms with Gasteiger partial charge in [-0.1, -0.05) is 18.5 Å². The van der Waals surface area contributed by atoms with Gasteiger partial charge in [-0.25, -0.2) is 8.42 Å². The molecule has 2 aromatic carbocycles. The van der Waals surface area contributed by atoms with E-state index < -0.39 is 27.5 Å². The minimum absolute atomic E-state index is 0.0249. The van der Waals surface area contributed by atoms with Crippen molar-refractivity contribution in [1.29, 1.82) is 0 Å². The number of carbonyl (C=O) groups is 1. The summed E-state index contributed by atoms with van der Waals surface area (Å²) in [5, 5.41) is 2.82. The summed E-state index contributed by atoms with van der Waals surface area (Å²) < 4.78 is 65.3. The highest BCUT2D eigenvalue weighted by Crippen LogP contribution is 2.33. The second kappa shape index (κ2) is 9.90. The van der Waals surface area contributed by atoms with Crippen LogP contribution in [-0.4, -0.2) is 58.2 Å². The maximum absolute atomic E-state index is 13.5. The fourth-order valence-corrected chi connectivity index (χ4v) is 4.89. The number of anilines is 1. The topological polar surface area (TPSA) is 69.7 Å². The van der Waals surface area contributed by atoms with E-state index >= 15 is 0 Å². The molecule has 3 rings (SSSR count). The monoisotopic (exact) mass is 503 g/mol. The highest BCUT2D eigenvalue weighted by molar-refractivity contribution is 7.91. The lowest BCUT2D eigenvalue weighted by Crippen LogP contribution is -2.44. The van der Waals surface area contributed by atoms with Crippen molar-refractivity contribution in [3.8, 4) is 0 Å². The van der Waals surface area contributed by atoms with Crippen LogP contribution in [0.25, 0.3) is 0 Å². The molecule has 0 atom stereocenters. The molecule has 0 spiro atoms. The Bertz CT molecular complexity index is 1130. The number of benzene rings is 2. The van der Waals surface area contributed by atoms with E-state index in [1.807, 2.05) is 11.9 Å². The molecule has 1 N–H and O–H groups in total. The van der Waals surface area contributed by atoms with Gasteiger partial charge in [-0.2, -0.15) is 13.2 Å². The van der Waals surface area contributed by atoms with Gasteiger partial charge in [0.25, 0.3) is 5.91 Å². The predicted molar refractivity (Wildman–Crippen MR) is 122 cm³/mol. The molecule has 0 radical (unpaired) electrons. The smallest absolute Gasteiger partial charge is 0.369 e. The Morgan fingerprint density at radius 2 is 1.76 bits per heavy atom. The second-order valence-corrected chi connectivity index (χ2v) is 10.6. The zero-order valence-corrected chi connectivity index (χ0v) is 19.8. The molecule has 0 unspecified atom stereocenters. The average molecular weight is 504 g/mol. The Morgan fingerprint density at radius 1 is 1.09 bits per heavy atom. The van der Waals surface area contributed by atoms with Crippen LogP contribution >= 0.6 is 11.6 Å². The molecule has 1 fully saturated rings. The number of nitrogens with one attached hydrogen (secondary N) is 1. The number of nitrogens with zero attached hydrogens (tertiary/aromatic N) is 2. The third-order valence-corrected chi connectivity index (χ3v) is 7.62. The summed E-state index contributed by atoms with van der Waals surface area (Å²) in [6.07, 6.45) is -4.62. The van der Waals surface area contributed by atoms with Crippen LogP contribution < -0.4 is 10.2 Å². The quantitative estimate of drug-likeness (QED) is 0.649. The van der Waals surface area contributed by atoms with Crippen molar-refractivity contribution in [1.82, 2.24) is 10.2 Å². The third kappa shape index (κ3) is 6.18. The Morgan fingerprint density at radius 3 is 2.36 bits per heavy atom. The molecule has 1 amide bonds. The molecule has 33 heavy (non-hydrogen) atoms. The molecule has 1 aliphatic rings. The SMILES string of the molecule is CCS(=O)(=O)c1ccc(Cl)cc1CNC(=O)c1cc(N2CCN(C)CC2)cc(C(F)(F)F)c1. The number of amides is 1. The van der Waals surface area contributed by atoms with E-state index in [9.17, 15) is 26.4 Å². The molecule has 0 aliphatic carbocycles. The van der Waals surface area contributed by atoms with Gasteiger partial charge < -0.3 is 15.1 Å². The van der Waals surface area contributed by atoms with Crippen LogP contribution in [0.2, 0.25) is 5.02 Å². The van der Waals surface area contributed by atoms with E-state index in [0.29, 0.717) is 31.9 Å². The summed E-state index contributed by atoms with van der Waals surface area (Å²) in [6, 6.07) is 7.49. The van der Waals surface area contributed by atoms with Crippen molar-refractivity contribution in [2.24, 2.45) is 0 Å². The summed E-state index contributed by atoms with van der Waals surface area (Å²) in [5.74, 6) is -0.881. The zero-order chi connectivity index (χ0) is 24.4. The number of sulfone groups is 1. The molecule has 6 nitrogen and oxygen atoms in total. The number of likely N-dealkylation sites (N-methyl/N-ethyl adjacent to an activating group) is 1. The molecular weight excluding hydrogens is 479 g/mol. The first-order valence-corrected chi connectivity index (χ1v) is 12.4. The molecule has 2 aromatic rings. The summed E-state index contributed by atoms with van der Waals surface area (Å²) in [7, 11) is -1.64. The zero-order valence-electron chi connectivity index (χ0n) is 18.2. The molecule has 0 aromatic heterocycles. The van der Waals surface area contributed by atoms with E-state index in [2.05, 4.69) is 10.2 Å². The Labute approximate surface area is 196 Å². The van der Waals surface area contributed by atoms with Gasteiger partial charge in [-0.05, 0) is 49.0 Å². The fraction of sp³-hybridized carbons (Fsp3) is 0.409. The standard InChI is InChI=1S/C22H25ClF3N3O3S/c1-3-33(31,32)20-5-4-18(23)11-16(20)14-27-21(30)15-10-17(22(24,25)26)13-19(12-15)29-8-6-28(2)7-9-29/h4-5,10-13H,3,6-9,14H2,1-2H3,(H,27,30). The second-order valence-electron chi connectivity index (χ2n) is 7.89. The maximum Gasteiger partial charge on any atom is 0.416 e. The lowest BCUT2D eigenvalue weighted by molar-refractivity contribution is -0.137. The number of piperazine rings is 1. The average Bonchev–Trinajstić information content (AvgIpc) is 2.77. The molecule has 1 saturated heterocycles. The summed E-state index contributed by atoms with van der Waals surface area (Å²) in [4.78, 5) is 16.7. The number of carbonyl (C=O) groups excluding carboxylic acids is 1. The van der Waals surface area contributed by atoms with Gasteiger partial charge in [0.05, 0.1) is 16.2 Å². The summed E-state index contributed by atoms with van der Waals surface area (Å²) >= 11 is 5.99. The molecule has 1 heterocycles. The van der Waals surface area contributed by atoms with Crippen LogP contribution in [0.4, 0.5) is 18.9 Å². The van der Waals surface area contributed by atoms with Crippen LogP contribution in [0.5, 0.6) is 0 Å². The lowest BCUT2D eigenvalue weighted by Gasteiger charge is -2.34. The van der Waals surface area contributed by atoms with E-state index in [-0.39, 0.29) is 33.3 Å². The van der Waals surface area contributed by atoms with Gasteiger partial charge >= 0.3 is 6.18 Å². The first-order valence-electron chi connectivity index (χ1n) is 10.4. The highest BCUT2D eigenvalue weighted by Gasteiger charge is 2.32. The van der Waals surface area contributed by atoms with Crippen molar-refractivity contribution >= 4 is 33.0 Å². The van der Waals surface area contributed by atoms with Crippen LogP contribution in [0.1, 0.15) is 28.4 Å². The minimum Gasteiger partial charge on any atom is -0.369 e. The normalized spacial score (nSPS) is 15.5. The molecule has 11 heteroatoms. The van der Waals surface area contributed by atoms with Crippen molar-refractivity contribution in [3.05, 3.63) is 58.1 Å². The van der Waals surface area contributed by atoms with Crippen LogP contribution in [0.3, 0.4) is 0 Å². The highest BCUT2D eigenvalue weighted by atomic mass is 35.5. The first-order chi connectivity index (χ1) is 15.4. The van der Waals surface area contributed by atoms with E-state index in [4.69, 9.17) is 11.6 Å². The van der Waals surface area contributed by atoms with Crippen molar-refractivity contribution in [3.63, 3.8) is 0 Å². The fourth-order valence-electron chi connectivity index (χ4n) is 3.58. The molecular formula is C22H25ClF3N3O3S. The Balaban J connectivity index is 1.88. The van der Waals surface area contributed by atoms with Gasteiger partial charge in [0.15, 0.2) is 9.84 Å². The number of halogens is 4. The van der Waals surface area contributed by atoms with Gasteiger partial charge in [0.2, 0.25) is 0 Å². The predicted octanol–water partition coefficient (Wildman–Crippen LogP) is 3.83. The third-order valence-electron chi connectivity index (χ3n) is 5.55. The van der Waals surface area contributed by atoms with Crippen molar-refractivity contribution in [2.45, 2.75) is 24.5 Å². The summed E-state index contributed by atoms with van der Waals surface area (Å²) in [6.45, 7) is 3.77. The van der Waals surface area contributed by atoms with Crippen molar-refractivity contribution < 1.29 is 26.4 Å². The van der Waals surface area contributed by atoms with E-state index in [1.165, 1.54) is 31.2 Å². The number of hydrogen-bond donors (Lipinski definition) is 1. The minimum atomic E-state index is -4.62. The van der Waals surface area contributed by atoms with Crippen LogP contribution in [0.15, 0.2) is 41.3 Å². The molecule has 0 bridgehead atoms. The molecule has 1 aliphatic heterocycles. The summed E-state index contributed by atoms with van der Waals surface area (Å²) in [5.41, 5.74) is -0.481. The van der Waals surface area contributed by atoms with Gasteiger partial charge in [-0.3, -0.25) is 4.79 Å². The van der Waals surface area contributed by atoms with Gasteiger partial charge in [-0.15, -0.1) is 0 Å². The Kier molecular flexibility index (Phi) is 7.60.